The maximum atomic E-state index is 5.72. The lowest BCUT2D eigenvalue weighted by atomic mass is 10.2. The van der Waals surface area contributed by atoms with Crippen LogP contribution in [0.25, 0.3) is 0 Å². The van der Waals surface area contributed by atoms with E-state index >= 15 is 0 Å². The molecule has 90 valence electrons. The number of halogens is 2. The molecule has 0 spiro atoms. The first-order valence-corrected chi connectivity index (χ1v) is 7.15. The fourth-order valence-corrected chi connectivity index (χ4v) is 2.17. The third-order valence-corrected chi connectivity index (χ3v) is 3.26. The summed E-state index contributed by atoms with van der Waals surface area (Å²) in [5.74, 6) is 0.956. The van der Waals surface area contributed by atoms with Gasteiger partial charge in [-0.15, -0.1) is 0 Å². The zero-order valence-corrected chi connectivity index (χ0v) is 12.5. The monoisotopic (exact) mass is 350 g/mol. The third-order valence-electron chi connectivity index (χ3n) is 2.17. The van der Waals surface area contributed by atoms with E-state index in [4.69, 9.17) is 9.47 Å². The molecule has 0 bridgehead atoms. The molecular weight excluding hydrogens is 336 g/mol. The summed E-state index contributed by atoms with van der Waals surface area (Å²) in [6, 6.07) is 6.06. The van der Waals surface area contributed by atoms with Crippen LogP contribution in [0.3, 0.4) is 0 Å². The Labute approximate surface area is 114 Å². The van der Waals surface area contributed by atoms with E-state index < -0.39 is 0 Å². The molecule has 0 saturated heterocycles. The van der Waals surface area contributed by atoms with E-state index in [0.29, 0.717) is 0 Å². The summed E-state index contributed by atoms with van der Waals surface area (Å²) in [6.45, 7) is 1.54. The van der Waals surface area contributed by atoms with E-state index in [0.717, 1.165) is 41.6 Å². The fourth-order valence-electron chi connectivity index (χ4n) is 1.32. The molecule has 0 aliphatic rings. The first-order valence-electron chi connectivity index (χ1n) is 5.24. The number of unbranched alkanes of at least 4 members (excludes halogenated alkanes) is 1. The molecule has 0 aromatic heterocycles. The second kappa shape index (κ2) is 8.09. The van der Waals surface area contributed by atoms with Gasteiger partial charge in [-0.25, -0.2) is 0 Å². The van der Waals surface area contributed by atoms with Crippen LogP contribution in [-0.2, 0) is 10.1 Å². The minimum Gasteiger partial charge on any atom is -0.493 e. The molecule has 0 atom stereocenters. The maximum absolute atomic E-state index is 5.72. The van der Waals surface area contributed by atoms with Gasteiger partial charge in [-0.1, -0.05) is 31.9 Å². The van der Waals surface area contributed by atoms with Gasteiger partial charge in [0.25, 0.3) is 0 Å². The average molecular weight is 352 g/mol. The minimum atomic E-state index is 0.741. The summed E-state index contributed by atoms with van der Waals surface area (Å²) in [6.07, 6.45) is 2.06. The number of hydrogen-bond acceptors (Lipinski definition) is 2. The van der Waals surface area contributed by atoms with Gasteiger partial charge in [-0.3, -0.25) is 0 Å². The van der Waals surface area contributed by atoms with Crippen LogP contribution in [-0.4, -0.2) is 20.3 Å². The number of rotatable bonds is 7. The molecule has 0 N–H and O–H groups in total. The molecule has 1 aromatic rings. The van der Waals surface area contributed by atoms with Crippen molar-refractivity contribution in [3.63, 3.8) is 0 Å². The molecule has 0 heterocycles. The maximum Gasteiger partial charge on any atom is 0.123 e. The average Bonchev–Trinajstić information content (AvgIpc) is 2.30. The summed E-state index contributed by atoms with van der Waals surface area (Å²) in [5, 5.41) is 0.805. The molecule has 0 unspecified atom stereocenters. The van der Waals surface area contributed by atoms with Crippen molar-refractivity contribution in [1.82, 2.24) is 0 Å². The molecule has 16 heavy (non-hydrogen) atoms. The summed E-state index contributed by atoms with van der Waals surface area (Å²) in [7, 11) is 1.72. The van der Waals surface area contributed by atoms with E-state index in [1.54, 1.807) is 7.11 Å². The van der Waals surface area contributed by atoms with Crippen LogP contribution in [0.1, 0.15) is 18.4 Å². The summed E-state index contributed by atoms with van der Waals surface area (Å²) in [5.41, 5.74) is 1.17. The van der Waals surface area contributed by atoms with Crippen LogP contribution >= 0.6 is 31.9 Å². The zero-order chi connectivity index (χ0) is 11.8. The first-order chi connectivity index (χ1) is 7.77. The largest absolute Gasteiger partial charge is 0.493 e. The predicted octanol–water partition coefficient (Wildman–Crippen LogP) is 4.15. The SMILES string of the molecule is COCCCCOc1ccc(Br)cc1CBr. The Balaban J connectivity index is 2.41. The highest BCUT2D eigenvalue weighted by Gasteiger charge is 2.03. The minimum absolute atomic E-state index is 0.741. The van der Waals surface area contributed by atoms with Crippen molar-refractivity contribution < 1.29 is 9.47 Å². The van der Waals surface area contributed by atoms with Gasteiger partial charge in [-0.05, 0) is 31.0 Å². The number of benzene rings is 1. The van der Waals surface area contributed by atoms with Crippen LogP contribution in [0.4, 0.5) is 0 Å². The van der Waals surface area contributed by atoms with Crippen molar-refractivity contribution in [3.8, 4) is 5.75 Å². The van der Waals surface area contributed by atoms with E-state index in [1.807, 2.05) is 12.1 Å². The molecule has 0 radical (unpaired) electrons. The van der Waals surface area contributed by atoms with Crippen molar-refractivity contribution in [3.05, 3.63) is 28.2 Å². The number of hydrogen-bond donors (Lipinski definition) is 0. The summed E-state index contributed by atoms with van der Waals surface area (Å²) < 4.78 is 11.8. The second-order valence-electron chi connectivity index (χ2n) is 3.43. The molecule has 0 aliphatic carbocycles. The Morgan fingerprint density at radius 1 is 1.19 bits per heavy atom. The Morgan fingerprint density at radius 3 is 2.62 bits per heavy atom. The molecule has 1 rings (SSSR count). The van der Waals surface area contributed by atoms with Gasteiger partial charge < -0.3 is 9.47 Å². The second-order valence-corrected chi connectivity index (χ2v) is 4.91. The molecular formula is C12H16Br2O2. The highest BCUT2D eigenvalue weighted by atomic mass is 79.9. The Kier molecular flexibility index (Phi) is 7.08. The third kappa shape index (κ3) is 4.85. The van der Waals surface area contributed by atoms with Gasteiger partial charge in [-0.2, -0.15) is 0 Å². The van der Waals surface area contributed by atoms with Crippen molar-refractivity contribution in [2.75, 3.05) is 20.3 Å². The predicted molar refractivity (Wildman–Crippen MR) is 73.4 cm³/mol. The van der Waals surface area contributed by atoms with Crippen LogP contribution in [0.2, 0.25) is 0 Å². The molecule has 1 aromatic carbocycles. The summed E-state index contributed by atoms with van der Waals surface area (Å²) >= 11 is 6.90. The highest BCUT2D eigenvalue weighted by molar-refractivity contribution is 9.10. The zero-order valence-electron chi connectivity index (χ0n) is 9.34. The highest BCUT2D eigenvalue weighted by Crippen LogP contribution is 2.25. The Morgan fingerprint density at radius 2 is 1.94 bits per heavy atom. The molecule has 0 aliphatic heterocycles. The standard InChI is InChI=1S/C12H16Br2O2/c1-15-6-2-3-7-16-12-5-4-11(14)8-10(12)9-13/h4-5,8H,2-3,6-7,9H2,1H3. The molecule has 0 fully saturated rings. The van der Waals surface area contributed by atoms with Gasteiger partial charge >= 0.3 is 0 Å². The number of methoxy groups -OCH3 is 1. The van der Waals surface area contributed by atoms with Crippen LogP contribution in [0.5, 0.6) is 5.75 Å². The molecule has 0 amide bonds. The topological polar surface area (TPSA) is 18.5 Å². The van der Waals surface area contributed by atoms with Crippen LogP contribution < -0.4 is 4.74 Å². The Hall–Kier alpha value is -0.0600. The van der Waals surface area contributed by atoms with E-state index in [2.05, 4.69) is 37.9 Å². The van der Waals surface area contributed by atoms with Gasteiger partial charge in [0.1, 0.15) is 5.75 Å². The van der Waals surface area contributed by atoms with Crippen molar-refractivity contribution in [2.24, 2.45) is 0 Å². The van der Waals surface area contributed by atoms with Crippen LogP contribution in [0, 0.1) is 0 Å². The van der Waals surface area contributed by atoms with Gasteiger partial charge in [0.2, 0.25) is 0 Å². The van der Waals surface area contributed by atoms with Crippen molar-refractivity contribution in [1.29, 1.82) is 0 Å². The lowest BCUT2D eigenvalue weighted by Gasteiger charge is -2.10. The van der Waals surface area contributed by atoms with Gasteiger partial charge in [0.15, 0.2) is 0 Å². The lowest BCUT2D eigenvalue weighted by molar-refractivity contribution is 0.184. The lowest BCUT2D eigenvalue weighted by Crippen LogP contribution is -2.01. The fraction of sp³-hybridized carbons (Fsp3) is 0.500. The first kappa shape index (κ1) is 14.0. The van der Waals surface area contributed by atoms with Gasteiger partial charge in [0.05, 0.1) is 6.61 Å². The van der Waals surface area contributed by atoms with E-state index in [-0.39, 0.29) is 0 Å². The summed E-state index contributed by atoms with van der Waals surface area (Å²) in [4.78, 5) is 0. The normalized spacial score (nSPS) is 10.4. The molecule has 2 nitrogen and oxygen atoms in total. The molecule has 4 heteroatoms. The number of ether oxygens (including phenoxy) is 2. The van der Waals surface area contributed by atoms with Crippen LogP contribution in [0.15, 0.2) is 22.7 Å². The van der Waals surface area contributed by atoms with Crippen molar-refractivity contribution >= 4 is 31.9 Å². The van der Waals surface area contributed by atoms with Gasteiger partial charge in [0, 0.05) is 29.1 Å². The van der Waals surface area contributed by atoms with Crippen molar-refractivity contribution in [2.45, 2.75) is 18.2 Å². The number of alkyl halides is 1. The molecule has 0 saturated carbocycles. The van der Waals surface area contributed by atoms with E-state index in [1.165, 1.54) is 5.56 Å². The Bertz CT molecular complexity index is 316. The quantitative estimate of drug-likeness (QED) is 0.542. The smallest absolute Gasteiger partial charge is 0.123 e. The van der Waals surface area contributed by atoms with E-state index in [9.17, 15) is 0 Å².